The molecule has 0 spiro atoms. The van der Waals surface area contributed by atoms with Crippen LogP contribution in [0.2, 0.25) is 0 Å². The second-order valence-electron chi connectivity index (χ2n) is 5.62. The molecule has 0 bridgehead atoms. The number of hydrogen-bond donors (Lipinski definition) is 0. The monoisotopic (exact) mass is 333 g/mol. The van der Waals surface area contributed by atoms with Gasteiger partial charge in [-0.15, -0.1) is 0 Å². The maximum Gasteiger partial charge on any atom is 0.179 e. The molecule has 0 amide bonds. The van der Waals surface area contributed by atoms with Crippen LogP contribution in [0.3, 0.4) is 0 Å². The fourth-order valence-corrected chi connectivity index (χ4v) is 2.31. The van der Waals surface area contributed by atoms with Gasteiger partial charge in [0.1, 0.15) is 18.9 Å². The van der Waals surface area contributed by atoms with Gasteiger partial charge in [0.25, 0.3) is 0 Å². The maximum atomic E-state index is 11.6. The first-order valence-corrected chi connectivity index (χ1v) is 8.07. The van der Waals surface area contributed by atoms with E-state index in [9.17, 15) is 4.79 Å². The predicted molar refractivity (Wildman–Crippen MR) is 95.8 cm³/mol. The lowest BCUT2D eigenvalue weighted by Crippen LogP contribution is -2.04. The Labute approximate surface area is 147 Å². The van der Waals surface area contributed by atoms with Crippen LogP contribution in [-0.4, -0.2) is 10.8 Å². The number of hydrogen-bond acceptors (Lipinski definition) is 4. The highest BCUT2D eigenvalue weighted by atomic mass is 16.5. The highest BCUT2D eigenvalue weighted by Crippen LogP contribution is 2.28. The average molecular weight is 333 g/mol. The zero-order chi connectivity index (χ0) is 17.5. The molecule has 3 aromatic rings. The lowest BCUT2D eigenvalue weighted by Gasteiger charge is -2.13. The first-order valence-electron chi connectivity index (χ1n) is 8.07. The molecule has 4 nitrogen and oxygen atoms in total. The van der Waals surface area contributed by atoms with Crippen molar-refractivity contribution in [1.29, 1.82) is 0 Å². The number of nitrogens with zero attached hydrogens (tertiary/aromatic N) is 1. The maximum absolute atomic E-state index is 11.6. The van der Waals surface area contributed by atoms with E-state index in [4.69, 9.17) is 9.47 Å². The van der Waals surface area contributed by atoms with E-state index < -0.39 is 0 Å². The molecule has 0 radical (unpaired) electrons. The minimum Gasteiger partial charge on any atom is -0.485 e. The summed E-state index contributed by atoms with van der Waals surface area (Å²) < 4.78 is 11.7. The molecule has 0 saturated carbocycles. The van der Waals surface area contributed by atoms with Crippen LogP contribution < -0.4 is 9.47 Å². The van der Waals surface area contributed by atoms with Crippen molar-refractivity contribution in [3.63, 3.8) is 0 Å². The van der Waals surface area contributed by atoms with Gasteiger partial charge in [-0.2, -0.15) is 0 Å². The molecule has 3 rings (SSSR count). The first kappa shape index (κ1) is 16.7. The molecule has 0 unspecified atom stereocenters. The number of ketones is 1. The van der Waals surface area contributed by atoms with E-state index in [1.54, 1.807) is 12.3 Å². The van der Waals surface area contributed by atoms with Crippen molar-refractivity contribution < 1.29 is 14.3 Å². The van der Waals surface area contributed by atoms with Crippen LogP contribution in [0.4, 0.5) is 0 Å². The second kappa shape index (κ2) is 8.11. The first-order chi connectivity index (χ1) is 12.2. The van der Waals surface area contributed by atoms with Gasteiger partial charge in [-0.05, 0) is 11.1 Å². The van der Waals surface area contributed by atoms with Gasteiger partial charge in [0.05, 0.1) is 6.20 Å². The van der Waals surface area contributed by atoms with Gasteiger partial charge in [0, 0.05) is 13.0 Å². The summed E-state index contributed by atoms with van der Waals surface area (Å²) in [6.45, 7) is 2.28. The molecule has 0 atom stereocenters. The topological polar surface area (TPSA) is 48.4 Å². The number of pyridine rings is 1. The average Bonchev–Trinajstić information content (AvgIpc) is 2.66. The summed E-state index contributed by atoms with van der Waals surface area (Å²) in [5, 5.41) is 0. The Morgan fingerprint density at radius 3 is 1.88 bits per heavy atom. The highest BCUT2D eigenvalue weighted by Gasteiger charge is 2.11. The number of carbonyl (C=O) groups excluding carboxylic acids is 1. The zero-order valence-electron chi connectivity index (χ0n) is 14.0. The summed E-state index contributed by atoms with van der Waals surface area (Å²) in [6.07, 6.45) is 1.54. The summed E-state index contributed by atoms with van der Waals surface area (Å²) in [4.78, 5) is 15.8. The van der Waals surface area contributed by atoms with Gasteiger partial charge < -0.3 is 9.47 Å². The molecule has 0 fully saturated rings. The molecular formula is C21H19NO3. The molecule has 0 aliphatic carbocycles. The van der Waals surface area contributed by atoms with Crippen molar-refractivity contribution in [3.05, 3.63) is 89.7 Å². The Hall–Kier alpha value is -3.14. The van der Waals surface area contributed by atoms with Gasteiger partial charge in [0.15, 0.2) is 17.3 Å². The van der Waals surface area contributed by atoms with E-state index >= 15 is 0 Å². The van der Waals surface area contributed by atoms with Crippen molar-refractivity contribution in [2.45, 2.75) is 20.1 Å². The van der Waals surface area contributed by atoms with Crippen LogP contribution in [0.25, 0.3) is 0 Å². The third-order valence-corrected chi connectivity index (χ3v) is 3.67. The minimum atomic E-state index is -0.112. The van der Waals surface area contributed by atoms with E-state index in [-0.39, 0.29) is 5.78 Å². The Balaban J connectivity index is 1.77. The van der Waals surface area contributed by atoms with Crippen molar-refractivity contribution in [2.24, 2.45) is 0 Å². The fraction of sp³-hybridized carbons (Fsp3) is 0.143. The molecule has 0 saturated heterocycles. The highest BCUT2D eigenvalue weighted by molar-refractivity contribution is 5.92. The van der Waals surface area contributed by atoms with Crippen molar-refractivity contribution >= 4 is 5.78 Å². The van der Waals surface area contributed by atoms with Crippen molar-refractivity contribution in [3.8, 4) is 11.5 Å². The molecule has 1 heterocycles. The largest absolute Gasteiger partial charge is 0.485 e. The van der Waals surface area contributed by atoms with Gasteiger partial charge >= 0.3 is 0 Å². The number of ether oxygens (including phenoxy) is 2. The summed E-state index contributed by atoms with van der Waals surface area (Å²) in [5.41, 5.74) is 2.44. The molecule has 4 heteroatoms. The molecule has 2 aromatic carbocycles. The molecule has 0 N–H and O–H groups in total. The quantitative estimate of drug-likeness (QED) is 0.600. The molecule has 126 valence electrons. The lowest BCUT2D eigenvalue weighted by atomic mass is 10.2. The van der Waals surface area contributed by atoms with E-state index in [0.717, 1.165) is 11.1 Å². The summed E-state index contributed by atoms with van der Waals surface area (Å²) in [5.74, 6) is 0.920. The van der Waals surface area contributed by atoms with E-state index in [0.29, 0.717) is 30.4 Å². The number of aromatic nitrogens is 1. The second-order valence-corrected chi connectivity index (χ2v) is 5.62. The smallest absolute Gasteiger partial charge is 0.179 e. The standard InChI is InChI=1S/C21H19NO3/c1-16(23)19-12-20(24-14-17-8-4-2-5-9-17)21(13-22-19)25-15-18-10-6-3-7-11-18/h2-13H,14-15H2,1H3. The number of rotatable bonds is 7. The van der Waals surface area contributed by atoms with Gasteiger partial charge in [-0.1, -0.05) is 60.7 Å². The van der Waals surface area contributed by atoms with E-state index in [1.165, 1.54) is 6.92 Å². The van der Waals surface area contributed by atoms with E-state index in [2.05, 4.69) is 4.98 Å². The van der Waals surface area contributed by atoms with Crippen LogP contribution >= 0.6 is 0 Å². The lowest BCUT2D eigenvalue weighted by molar-refractivity contribution is 0.101. The number of Topliss-reactive ketones (excluding diaryl/α,β-unsaturated/α-hetero) is 1. The van der Waals surface area contributed by atoms with Crippen LogP contribution in [0.15, 0.2) is 72.9 Å². The van der Waals surface area contributed by atoms with Gasteiger partial charge in [-0.3, -0.25) is 4.79 Å². The Kier molecular flexibility index (Phi) is 5.42. The summed E-state index contributed by atoms with van der Waals surface area (Å²) in [6, 6.07) is 21.3. The summed E-state index contributed by atoms with van der Waals surface area (Å²) in [7, 11) is 0. The van der Waals surface area contributed by atoms with Crippen LogP contribution in [0, 0.1) is 0 Å². The molecular weight excluding hydrogens is 314 g/mol. The predicted octanol–water partition coefficient (Wildman–Crippen LogP) is 4.44. The fourth-order valence-electron chi connectivity index (χ4n) is 2.31. The van der Waals surface area contributed by atoms with E-state index in [1.807, 2.05) is 60.7 Å². The van der Waals surface area contributed by atoms with Crippen molar-refractivity contribution in [2.75, 3.05) is 0 Å². The van der Waals surface area contributed by atoms with Gasteiger partial charge in [0.2, 0.25) is 0 Å². The summed E-state index contributed by atoms with van der Waals surface area (Å²) >= 11 is 0. The Bertz CT molecular complexity index is 832. The zero-order valence-corrected chi connectivity index (χ0v) is 14.0. The molecule has 0 aliphatic heterocycles. The van der Waals surface area contributed by atoms with Crippen LogP contribution in [-0.2, 0) is 13.2 Å². The third-order valence-electron chi connectivity index (χ3n) is 3.67. The molecule has 25 heavy (non-hydrogen) atoms. The Morgan fingerprint density at radius 1 is 0.840 bits per heavy atom. The Morgan fingerprint density at radius 2 is 1.36 bits per heavy atom. The number of benzene rings is 2. The van der Waals surface area contributed by atoms with Crippen LogP contribution in [0.1, 0.15) is 28.5 Å². The third kappa shape index (κ3) is 4.67. The minimum absolute atomic E-state index is 0.112. The molecule has 1 aromatic heterocycles. The normalized spacial score (nSPS) is 10.3. The van der Waals surface area contributed by atoms with Crippen molar-refractivity contribution in [1.82, 2.24) is 4.98 Å². The number of carbonyl (C=O) groups is 1. The SMILES string of the molecule is CC(=O)c1cc(OCc2ccccc2)c(OCc2ccccc2)cn1. The molecule has 0 aliphatic rings. The van der Waals surface area contributed by atoms with Crippen LogP contribution in [0.5, 0.6) is 11.5 Å². The van der Waals surface area contributed by atoms with Gasteiger partial charge in [-0.25, -0.2) is 4.98 Å².